The molecule has 0 aliphatic heterocycles. The standard InChI is InChI=1S/C24H45N3/c1-6-17-27(18-7-2)19-16-22(9-4)20-25-24(21(5)8-3)26-23-14-12-10-11-13-15-23/h9,20,23,26H,6-8,10-19H2,1-5H3/b22-9-,24-21-,25-20-. The molecule has 0 atom stereocenters. The van der Waals surface area contributed by atoms with Gasteiger partial charge in [-0.05, 0) is 76.6 Å². The monoisotopic (exact) mass is 375 g/mol. The Bertz CT molecular complexity index is 462. The van der Waals surface area contributed by atoms with Crippen LogP contribution in [-0.2, 0) is 0 Å². The van der Waals surface area contributed by atoms with Gasteiger partial charge in [0.15, 0.2) is 0 Å². The molecule has 0 bridgehead atoms. The smallest absolute Gasteiger partial charge is 0.124 e. The van der Waals surface area contributed by atoms with E-state index >= 15 is 0 Å². The molecule has 3 heteroatoms. The van der Waals surface area contributed by atoms with Crippen molar-refractivity contribution < 1.29 is 0 Å². The first kappa shape index (κ1) is 23.9. The van der Waals surface area contributed by atoms with Crippen molar-refractivity contribution in [2.24, 2.45) is 4.99 Å². The molecule has 27 heavy (non-hydrogen) atoms. The van der Waals surface area contributed by atoms with Gasteiger partial charge in [0.05, 0.1) is 0 Å². The summed E-state index contributed by atoms with van der Waals surface area (Å²) < 4.78 is 0. The highest BCUT2D eigenvalue weighted by Crippen LogP contribution is 2.19. The molecule has 156 valence electrons. The minimum atomic E-state index is 0.597. The van der Waals surface area contributed by atoms with Crippen LogP contribution >= 0.6 is 0 Å². The van der Waals surface area contributed by atoms with E-state index in [0.29, 0.717) is 6.04 Å². The normalized spacial score (nSPS) is 18.1. The lowest BCUT2D eigenvalue weighted by Crippen LogP contribution is -2.28. The molecule has 1 saturated carbocycles. The van der Waals surface area contributed by atoms with Gasteiger partial charge in [0.2, 0.25) is 0 Å². The molecular weight excluding hydrogens is 330 g/mol. The molecule has 1 fully saturated rings. The maximum atomic E-state index is 4.92. The molecule has 1 N–H and O–H groups in total. The molecule has 0 spiro atoms. The van der Waals surface area contributed by atoms with Crippen LogP contribution in [0.5, 0.6) is 0 Å². The van der Waals surface area contributed by atoms with Crippen molar-refractivity contribution in [1.82, 2.24) is 10.2 Å². The Morgan fingerprint density at radius 2 is 1.63 bits per heavy atom. The van der Waals surface area contributed by atoms with Gasteiger partial charge in [0.25, 0.3) is 0 Å². The van der Waals surface area contributed by atoms with Crippen LogP contribution in [0.15, 0.2) is 28.0 Å². The van der Waals surface area contributed by atoms with Crippen molar-refractivity contribution in [3.05, 3.63) is 23.0 Å². The summed E-state index contributed by atoms with van der Waals surface area (Å²) in [4.78, 5) is 7.50. The van der Waals surface area contributed by atoms with Crippen LogP contribution in [0.2, 0.25) is 0 Å². The third-order valence-electron chi connectivity index (χ3n) is 5.66. The van der Waals surface area contributed by atoms with Gasteiger partial charge in [-0.2, -0.15) is 0 Å². The van der Waals surface area contributed by atoms with Gasteiger partial charge in [0, 0.05) is 18.8 Å². The van der Waals surface area contributed by atoms with Crippen LogP contribution in [0.25, 0.3) is 0 Å². The Hall–Kier alpha value is -1.09. The van der Waals surface area contributed by atoms with E-state index in [0.717, 1.165) is 25.2 Å². The fraction of sp³-hybridized carbons (Fsp3) is 0.792. The van der Waals surface area contributed by atoms with E-state index in [1.165, 1.54) is 75.6 Å². The molecule has 0 radical (unpaired) electrons. The molecule has 0 heterocycles. The molecule has 1 aliphatic rings. The summed E-state index contributed by atoms with van der Waals surface area (Å²) in [5.74, 6) is 1.11. The van der Waals surface area contributed by atoms with E-state index in [4.69, 9.17) is 4.99 Å². The number of nitrogens with zero attached hydrogens (tertiary/aromatic N) is 2. The summed E-state index contributed by atoms with van der Waals surface area (Å²) in [7, 11) is 0. The van der Waals surface area contributed by atoms with Crippen molar-refractivity contribution in [3.8, 4) is 0 Å². The Kier molecular flexibility index (Phi) is 13.2. The van der Waals surface area contributed by atoms with Gasteiger partial charge in [-0.3, -0.25) is 0 Å². The van der Waals surface area contributed by atoms with Crippen molar-refractivity contribution in [2.75, 3.05) is 19.6 Å². The van der Waals surface area contributed by atoms with Gasteiger partial charge >= 0.3 is 0 Å². The maximum Gasteiger partial charge on any atom is 0.124 e. The van der Waals surface area contributed by atoms with Crippen LogP contribution in [0.1, 0.15) is 98.8 Å². The average Bonchev–Trinajstić information content (AvgIpc) is 2.95. The quantitative estimate of drug-likeness (QED) is 0.313. The zero-order valence-corrected chi connectivity index (χ0v) is 18.8. The third kappa shape index (κ3) is 10.1. The van der Waals surface area contributed by atoms with Gasteiger partial charge in [-0.15, -0.1) is 0 Å². The highest BCUT2D eigenvalue weighted by atomic mass is 15.1. The van der Waals surface area contributed by atoms with Crippen LogP contribution in [0, 0.1) is 0 Å². The van der Waals surface area contributed by atoms with E-state index in [2.05, 4.69) is 57.1 Å². The number of rotatable bonds is 12. The summed E-state index contributed by atoms with van der Waals surface area (Å²) in [6, 6.07) is 0.597. The van der Waals surface area contributed by atoms with Gasteiger partial charge in [-0.25, -0.2) is 4.99 Å². The van der Waals surface area contributed by atoms with Crippen LogP contribution < -0.4 is 5.32 Å². The van der Waals surface area contributed by atoms with Gasteiger partial charge in [0.1, 0.15) is 5.82 Å². The highest BCUT2D eigenvalue weighted by molar-refractivity contribution is 5.79. The van der Waals surface area contributed by atoms with Crippen LogP contribution in [-0.4, -0.2) is 36.8 Å². The molecule has 0 unspecified atom stereocenters. The van der Waals surface area contributed by atoms with E-state index < -0.39 is 0 Å². The second-order valence-corrected chi connectivity index (χ2v) is 8.03. The molecule has 0 amide bonds. The molecule has 1 aliphatic carbocycles. The first-order valence-corrected chi connectivity index (χ1v) is 11.5. The number of hydrogen-bond donors (Lipinski definition) is 1. The van der Waals surface area contributed by atoms with Gasteiger partial charge < -0.3 is 10.2 Å². The van der Waals surface area contributed by atoms with Crippen molar-refractivity contribution in [3.63, 3.8) is 0 Å². The van der Waals surface area contributed by atoms with E-state index in [1.807, 2.05) is 0 Å². The number of allylic oxidation sites excluding steroid dienone is 2. The topological polar surface area (TPSA) is 27.6 Å². The SMILES string of the molecule is C\C=C(/C=N\C(NC1CCCCCC1)=C(/C)CC)CCN(CCC)CCC. The summed E-state index contributed by atoms with van der Waals surface area (Å²) >= 11 is 0. The second kappa shape index (κ2) is 14.9. The Morgan fingerprint density at radius 3 is 2.15 bits per heavy atom. The Morgan fingerprint density at radius 1 is 1.00 bits per heavy atom. The predicted octanol–water partition coefficient (Wildman–Crippen LogP) is 6.47. The molecule has 1 rings (SSSR count). The highest BCUT2D eigenvalue weighted by Gasteiger charge is 2.13. The fourth-order valence-corrected chi connectivity index (χ4v) is 3.74. The first-order valence-electron chi connectivity index (χ1n) is 11.5. The molecule has 3 nitrogen and oxygen atoms in total. The van der Waals surface area contributed by atoms with E-state index in [9.17, 15) is 0 Å². The maximum absolute atomic E-state index is 4.92. The predicted molar refractivity (Wildman–Crippen MR) is 122 cm³/mol. The number of nitrogens with one attached hydrogen (secondary N) is 1. The zero-order chi connectivity index (χ0) is 19.9. The van der Waals surface area contributed by atoms with Gasteiger partial charge in [-0.1, -0.05) is 52.5 Å². The summed E-state index contributed by atoms with van der Waals surface area (Å²) in [6.45, 7) is 14.7. The van der Waals surface area contributed by atoms with Crippen LogP contribution in [0.3, 0.4) is 0 Å². The second-order valence-electron chi connectivity index (χ2n) is 8.03. The van der Waals surface area contributed by atoms with E-state index in [1.54, 1.807) is 0 Å². The average molecular weight is 376 g/mol. The molecule has 0 saturated heterocycles. The minimum absolute atomic E-state index is 0.597. The lowest BCUT2D eigenvalue weighted by atomic mass is 10.1. The Balaban J connectivity index is 2.69. The summed E-state index contributed by atoms with van der Waals surface area (Å²) in [6.07, 6.45) is 17.0. The first-order chi connectivity index (χ1) is 13.1. The van der Waals surface area contributed by atoms with E-state index in [-0.39, 0.29) is 0 Å². The molecular formula is C24H45N3. The lowest BCUT2D eigenvalue weighted by Gasteiger charge is -2.21. The zero-order valence-electron chi connectivity index (χ0n) is 18.8. The number of hydrogen-bond acceptors (Lipinski definition) is 3. The van der Waals surface area contributed by atoms with Crippen molar-refractivity contribution in [2.45, 2.75) is 105 Å². The number of aliphatic imine (C=N–C) groups is 1. The van der Waals surface area contributed by atoms with Crippen LogP contribution in [0.4, 0.5) is 0 Å². The third-order valence-corrected chi connectivity index (χ3v) is 5.66. The largest absolute Gasteiger partial charge is 0.367 e. The molecule has 0 aromatic heterocycles. The molecule has 0 aromatic rings. The Labute approximate surface area is 169 Å². The fourth-order valence-electron chi connectivity index (χ4n) is 3.74. The lowest BCUT2D eigenvalue weighted by molar-refractivity contribution is 0.279. The van der Waals surface area contributed by atoms with Crippen molar-refractivity contribution >= 4 is 6.21 Å². The summed E-state index contributed by atoms with van der Waals surface area (Å²) in [5, 5.41) is 3.78. The summed E-state index contributed by atoms with van der Waals surface area (Å²) in [5.41, 5.74) is 2.71. The van der Waals surface area contributed by atoms with Crippen molar-refractivity contribution in [1.29, 1.82) is 0 Å². The minimum Gasteiger partial charge on any atom is -0.367 e. The molecule has 0 aromatic carbocycles.